The number of piperidine rings is 1. The molecule has 6 heteroatoms. The lowest BCUT2D eigenvalue weighted by Crippen LogP contribution is -2.46. The summed E-state index contributed by atoms with van der Waals surface area (Å²) >= 11 is 0. The highest BCUT2D eigenvalue weighted by atomic mass is 35.5. The third kappa shape index (κ3) is 4.69. The molecule has 1 aromatic rings. The van der Waals surface area contributed by atoms with Crippen LogP contribution in [0.25, 0.3) is 0 Å². The molecule has 1 aliphatic rings. The molecule has 22 heavy (non-hydrogen) atoms. The van der Waals surface area contributed by atoms with Gasteiger partial charge in [0.15, 0.2) is 0 Å². The Labute approximate surface area is 140 Å². The Bertz CT molecular complexity index is 558. The van der Waals surface area contributed by atoms with E-state index in [9.17, 15) is 8.42 Å². The van der Waals surface area contributed by atoms with Crippen LogP contribution < -0.4 is 5.32 Å². The largest absolute Gasteiger partial charge is 0.316 e. The van der Waals surface area contributed by atoms with Crippen molar-refractivity contribution in [2.45, 2.75) is 44.0 Å². The van der Waals surface area contributed by atoms with Gasteiger partial charge in [0.05, 0.1) is 4.90 Å². The summed E-state index contributed by atoms with van der Waals surface area (Å²) in [7, 11) is -1.47. The molecule has 1 aromatic carbocycles. The molecule has 1 fully saturated rings. The molecule has 0 saturated carbocycles. The molecule has 0 radical (unpaired) electrons. The smallest absolute Gasteiger partial charge is 0.243 e. The molecule has 0 aliphatic carbocycles. The van der Waals surface area contributed by atoms with Crippen LogP contribution in [0.2, 0.25) is 0 Å². The Morgan fingerprint density at radius 2 is 1.91 bits per heavy atom. The SMILES string of the molecule is CNC1CCCN(S(=O)(=O)c2ccc(CC(C)C)cc2)C1.Cl. The fourth-order valence-corrected chi connectivity index (χ4v) is 4.34. The second-order valence-corrected chi connectivity index (χ2v) is 8.17. The highest BCUT2D eigenvalue weighted by molar-refractivity contribution is 7.89. The van der Waals surface area contributed by atoms with Crippen molar-refractivity contribution in [2.75, 3.05) is 20.1 Å². The van der Waals surface area contributed by atoms with Gasteiger partial charge in [0.1, 0.15) is 0 Å². The van der Waals surface area contributed by atoms with E-state index in [2.05, 4.69) is 19.2 Å². The number of sulfonamides is 1. The molecule has 0 spiro atoms. The van der Waals surface area contributed by atoms with Crippen LogP contribution in [-0.4, -0.2) is 38.9 Å². The Kier molecular flexibility index (Phi) is 7.32. The highest BCUT2D eigenvalue weighted by Crippen LogP contribution is 2.21. The second kappa shape index (κ2) is 8.29. The van der Waals surface area contributed by atoms with Crippen LogP contribution in [0.15, 0.2) is 29.2 Å². The van der Waals surface area contributed by atoms with Gasteiger partial charge >= 0.3 is 0 Å². The zero-order valence-electron chi connectivity index (χ0n) is 13.6. The van der Waals surface area contributed by atoms with E-state index in [1.165, 1.54) is 5.56 Å². The van der Waals surface area contributed by atoms with Gasteiger partial charge in [-0.05, 0) is 49.9 Å². The summed E-state index contributed by atoms with van der Waals surface area (Å²) in [5, 5.41) is 3.18. The van der Waals surface area contributed by atoms with Crippen LogP contribution in [0.3, 0.4) is 0 Å². The van der Waals surface area contributed by atoms with Crippen molar-refractivity contribution in [1.82, 2.24) is 9.62 Å². The van der Waals surface area contributed by atoms with Gasteiger partial charge in [-0.1, -0.05) is 26.0 Å². The summed E-state index contributed by atoms with van der Waals surface area (Å²) in [5.74, 6) is 0.575. The minimum absolute atomic E-state index is 0. The van der Waals surface area contributed by atoms with Gasteiger partial charge in [-0.2, -0.15) is 4.31 Å². The quantitative estimate of drug-likeness (QED) is 0.891. The van der Waals surface area contributed by atoms with Gasteiger partial charge < -0.3 is 5.32 Å². The zero-order chi connectivity index (χ0) is 15.5. The second-order valence-electron chi connectivity index (χ2n) is 6.23. The molecule has 1 heterocycles. The van der Waals surface area contributed by atoms with E-state index in [1.807, 2.05) is 19.2 Å². The van der Waals surface area contributed by atoms with Gasteiger partial charge in [0.25, 0.3) is 0 Å². The lowest BCUT2D eigenvalue weighted by molar-refractivity contribution is 0.293. The van der Waals surface area contributed by atoms with Crippen LogP contribution in [0.1, 0.15) is 32.3 Å². The van der Waals surface area contributed by atoms with Gasteiger partial charge in [0.2, 0.25) is 10.0 Å². The number of halogens is 1. The van der Waals surface area contributed by atoms with E-state index >= 15 is 0 Å². The molecular formula is C16H27ClN2O2S. The topological polar surface area (TPSA) is 49.4 Å². The first-order valence-corrected chi connectivity index (χ1v) is 9.14. The van der Waals surface area contributed by atoms with E-state index in [0.717, 1.165) is 19.3 Å². The molecule has 4 nitrogen and oxygen atoms in total. The van der Waals surface area contributed by atoms with Crippen molar-refractivity contribution in [3.05, 3.63) is 29.8 Å². The van der Waals surface area contributed by atoms with Crippen LogP contribution in [0.5, 0.6) is 0 Å². The average molecular weight is 347 g/mol. The monoisotopic (exact) mass is 346 g/mol. The molecule has 1 aliphatic heterocycles. The van der Waals surface area contributed by atoms with E-state index in [1.54, 1.807) is 16.4 Å². The Morgan fingerprint density at radius 3 is 2.45 bits per heavy atom. The van der Waals surface area contributed by atoms with Gasteiger partial charge in [-0.15, -0.1) is 12.4 Å². The molecule has 2 rings (SSSR count). The third-order valence-electron chi connectivity index (χ3n) is 4.00. The summed E-state index contributed by atoms with van der Waals surface area (Å²) in [6.07, 6.45) is 2.93. The Morgan fingerprint density at radius 1 is 1.27 bits per heavy atom. The summed E-state index contributed by atoms with van der Waals surface area (Å²) in [6, 6.07) is 7.62. The first-order chi connectivity index (χ1) is 9.93. The maximum Gasteiger partial charge on any atom is 0.243 e. The average Bonchev–Trinajstić information content (AvgIpc) is 2.47. The van der Waals surface area contributed by atoms with Crippen molar-refractivity contribution < 1.29 is 8.42 Å². The molecular weight excluding hydrogens is 320 g/mol. The number of nitrogens with one attached hydrogen (secondary N) is 1. The number of hydrogen-bond acceptors (Lipinski definition) is 3. The first kappa shape index (κ1) is 19.4. The molecule has 1 unspecified atom stereocenters. The van der Waals surface area contributed by atoms with Crippen molar-refractivity contribution in [2.24, 2.45) is 5.92 Å². The summed E-state index contributed by atoms with van der Waals surface area (Å²) in [5.41, 5.74) is 1.19. The van der Waals surface area contributed by atoms with Crippen LogP contribution in [-0.2, 0) is 16.4 Å². The third-order valence-corrected chi connectivity index (χ3v) is 5.88. The normalized spacial score (nSPS) is 19.9. The van der Waals surface area contributed by atoms with Crippen molar-refractivity contribution >= 4 is 22.4 Å². The minimum Gasteiger partial charge on any atom is -0.316 e. The lowest BCUT2D eigenvalue weighted by Gasteiger charge is -2.31. The number of hydrogen-bond donors (Lipinski definition) is 1. The summed E-state index contributed by atoms with van der Waals surface area (Å²) < 4.78 is 27.0. The van der Waals surface area contributed by atoms with Crippen LogP contribution >= 0.6 is 12.4 Å². The maximum atomic E-state index is 12.7. The predicted molar refractivity (Wildman–Crippen MR) is 93.1 cm³/mol. The Hall–Kier alpha value is -0.620. The van der Waals surface area contributed by atoms with E-state index in [-0.39, 0.29) is 18.4 Å². The van der Waals surface area contributed by atoms with Crippen molar-refractivity contribution in [3.8, 4) is 0 Å². The summed E-state index contributed by atoms with van der Waals surface area (Å²) in [6.45, 7) is 5.51. The number of nitrogens with zero attached hydrogens (tertiary/aromatic N) is 1. The molecule has 1 N–H and O–H groups in total. The number of benzene rings is 1. The Balaban J connectivity index is 0.00000242. The lowest BCUT2D eigenvalue weighted by atomic mass is 10.0. The molecule has 0 bridgehead atoms. The number of likely N-dealkylation sites (N-methyl/N-ethyl adjacent to an activating group) is 1. The molecule has 126 valence electrons. The summed E-state index contributed by atoms with van der Waals surface area (Å²) in [4.78, 5) is 0.409. The van der Waals surface area contributed by atoms with Crippen molar-refractivity contribution in [1.29, 1.82) is 0 Å². The standard InChI is InChI=1S/C16H26N2O2S.ClH/c1-13(2)11-14-6-8-16(9-7-14)21(19,20)18-10-4-5-15(12-18)17-3;/h6-9,13,15,17H,4-5,10-12H2,1-3H3;1H. The van der Waals surface area contributed by atoms with Crippen molar-refractivity contribution in [3.63, 3.8) is 0 Å². The van der Waals surface area contributed by atoms with E-state index in [0.29, 0.717) is 23.9 Å². The fraction of sp³-hybridized carbons (Fsp3) is 0.625. The van der Waals surface area contributed by atoms with Gasteiger partial charge in [0, 0.05) is 19.1 Å². The number of rotatable bonds is 5. The maximum absolute atomic E-state index is 12.7. The fourth-order valence-electron chi connectivity index (χ4n) is 2.81. The van der Waals surface area contributed by atoms with Gasteiger partial charge in [-0.3, -0.25) is 0 Å². The van der Waals surface area contributed by atoms with E-state index in [4.69, 9.17) is 0 Å². The molecule has 1 atom stereocenters. The molecule has 1 saturated heterocycles. The predicted octanol–water partition coefficient (Wildman–Crippen LogP) is 2.68. The zero-order valence-corrected chi connectivity index (χ0v) is 15.2. The van der Waals surface area contributed by atoms with Crippen LogP contribution in [0, 0.1) is 5.92 Å². The molecule has 0 aromatic heterocycles. The minimum atomic E-state index is -3.36. The molecule has 0 amide bonds. The van der Waals surface area contributed by atoms with Crippen LogP contribution in [0.4, 0.5) is 0 Å². The highest BCUT2D eigenvalue weighted by Gasteiger charge is 2.29. The van der Waals surface area contributed by atoms with E-state index < -0.39 is 10.0 Å². The first-order valence-electron chi connectivity index (χ1n) is 7.70. The van der Waals surface area contributed by atoms with Gasteiger partial charge in [-0.25, -0.2) is 8.42 Å².